The quantitative estimate of drug-likeness (QED) is 0.692. The Balaban J connectivity index is 2.20. The topological polar surface area (TPSA) is 90.4 Å². The Morgan fingerprint density at radius 2 is 2.47 bits per heavy atom. The van der Waals surface area contributed by atoms with E-state index >= 15 is 0 Å². The highest BCUT2D eigenvalue weighted by molar-refractivity contribution is 5.23. The second kappa shape index (κ2) is 4.00. The molecule has 6 nitrogen and oxygen atoms in total. The van der Waals surface area contributed by atoms with Gasteiger partial charge in [0, 0.05) is 6.20 Å². The van der Waals surface area contributed by atoms with Crippen molar-refractivity contribution in [1.82, 2.24) is 9.55 Å². The zero-order chi connectivity index (χ0) is 10.8. The van der Waals surface area contributed by atoms with Crippen LogP contribution < -0.4 is 11.4 Å². The van der Waals surface area contributed by atoms with Crippen molar-refractivity contribution in [2.24, 2.45) is 0 Å². The number of ether oxygens (including phenoxy) is 1. The van der Waals surface area contributed by atoms with Gasteiger partial charge in [0.2, 0.25) is 0 Å². The molecule has 0 spiro atoms. The van der Waals surface area contributed by atoms with E-state index in [1.165, 1.54) is 4.57 Å². The molecule has 1 aromatic rings. The number of hydrogen-bond donors (Lipinski definition) is 2. The second-order valence-electron chi connectivity index (χ2n) is 3.51. The van der Waals surface area contributed by atoms with Crippen molar-refractivity contribution >= 4 is 5.82 Å². The largest absolute Gasteiger partial charge is 0.394 e. The highest BCUT2D eigenvalue weighted by Gasteiger charge is 2.26. The maximum atomic E-state index is 11.5. The van der Waals surface area contributed by atoms with Gasteiger partial charge in [0.15, 0.2) is 0 Å². The first-order valence-electron chi connectivity index (χ1n) is 4.81. The molecule has 0 radical (unpaired) electrons. The number of aromatic nitrogens is 2. The van der Waals surface area contributed by atoms with Crippen LogP contribution in [0, 0.1) is 0 Å². The summed E-state index contributed by atoms with van der Waals surface area (Å²) in [6, 6.07) is 1.55. The molecule has 1 aliphatic heterocycles. The zero-order valence-corrected chi connectivity index (χ0v) is 8.17. The third-order valence-corrected chi connectivity index (χ3v) is 2.45. The summed E-state index contributed by atoms with van der Waals surface area (Å²) in [5.41, 5.74) is 4.96. The van der Waals surface area contributed by atoms with Crippen molar-refractivity contribution in [3.05, 3.63) is 22.7 Å². The van der Waals surface area contributed by atoms with Crippen LogP contribution in [0.2, 0.25) is 0 Å². The average molecular weight is 214 g/mol. The number of aliphatic hydroxyl groups excluding tert-OH is 1. The predicted octanol–water partition coefficient (Wildman–Crippen LogP) is -0.505. The maximum Gasteiger partial charge on any atom is 0.351 e. The van der Waals surface area contributed by atoms with Crippen LogP contribution in [0.5, 0.6) is 0 Å². The van der Waals surface area contributed by atoms with E-state index in [0.29, 0.717) is 6.42 Å². The Kier molecular flexibility index (Phi) is 2.70. The van der Waals surface area contributed by atoms with Gasteiger partial charge in [-0.05, 0) is 18.9 Å². The molecule has 2 heterocycles. The fourth-order valence-corrected chi connectivity index (χ4v) is 1.67. The standard InChI is InChI=1S/C9H13N3O3/c10-7-3-4-12(9(14)11-7)8-2-1-6(5-13)15-8/h3-4,6,8,13H,1-2,5H2,(H2,10,11,14)/t6-,8+/m0/s1/i9+1,11+1,12+1. The fourth-order valence-electron chi connectivity index (χ4n) is 1.67. The second-order valence-corrected chi connectivity index (χ2v) is 3.51. The molecular formula is C9H13N3O3. The van der Waals surface area contributed by atoms with Crippen molar-refractivity contribution in [1.29, 1.82) is 0 Å². The summed E-state index contributed by atoms with van der Waals surface area (Å²) in [6.45, 7) is -0.0202. The molecule has 1 aromatic heterocycles. The SMILES string of the molecule is Nc1cc[15n]([C@H]2CC[C@@H](CO)O2)[13c](=O)[15n]1. The Morgan fingerprint density at radius 1 is 1.67 bits per heavy atom. The maximum absolute atomic E-state index is 11.5. The minimum atomic E-state index is -0.418. The van der Waals surface area contributed by atoms with Gasteiger partial charge in [-0.2, -0.15) is 4.98 Å². The lowest BCUT2D eigenvalue weighted by Crippen LogP contribution is -2.27. The van der Waals surface area contributed by atoms with E-state index in [-0.39, 0.29) is 24.8 Å². The first kappa shape index (κ1) is 10.1. The van der Waals surface area contributed by atoms with E-state index in [2.05, 4.69) is 4.98 Å². The minimum absolute atomic E-state index is 0.0202. The molecule has 6 heteroatoms. The molecule has 3 N–H and O–H groups in total. The molecule has 15 heavy (non-hydrogen) atoms. The normalized spacial score (nSPS) is 25.7. The number of nitrogen functional groups attached to an aromatic ring is 1. The minimum Gasteiger partial charge on any atom is -0.394 e. The molecule has 1 saturated heterocycles. The highest BCUT2D eigenvalue weighted by atomic mass is 16.6. The molecule has 0 aromatic carbocycles. The lowest BCUT2D eigenvalue weighted by Gasteiger charge is -2.14. The summed E-state index contributed by atoms with van der Waals surface area (Å²) in [5, 5.41) is 8.90. The van der Waals surface area contributed by atoms with Crippen LogP contribution in [-0.4, -0.2) is 27.4 Å². The van der Waals surface area contributed by atoms with Crippen LogP contribution in [0.3, 0.4) is 0 Å². The van der Waals surface area contributed by atoms with Crippen molar-refractivity contribution in [2.45, 2.75) is 25.2 Å². The van der Waals surface area contributed by atoms with Crippen LogP contribution in [0.1, 0.15) is 19.1 Å². The van der Waals surface area contributed by atoms with Crippen LogP contribution >= 0.6 is 0 Å². The van der Waals surface area contributed by atoms with E-state index < -0.39 is 5.69 Å². The molecule has 0 unspecified atom stereocenters. The number of aliphatic hydroxyl groups is 1. The Hall–Kier alpha value is -1.40. The summed E-state index contributed by atoms with van der Waals surface area (Å²) < 4.78 is 6.84. The lowest BCUT2D eigenvalue weighted by molar-refractivity contribution is -0.0245. The summed E-state index contributed by atoms with van der Waals surface area (Å²) in [5.74, 6) is 0.202. The van der Waals surface area contributed by atoms with Crippen LogP contribution in [-0.2, 0) is 4.74 Å². The highest BCUT2D eigenvalue weighted by Crippen LogP contribution is 2.26. The van der Waals surface area contributed by atoms with Crippen molar-refractivity contribution < 1.29 is 9.84 Å². The number of rotatable bonds is 2. The monoisotopic (exact) mass is 214 g/mol. The zero-order valence-electron chi connectivity index (χ0n) is 8.17. The molecule has 2 atom stereocenters. The Labute approximate surface area is 86.3 Å². The van der Waals surface area contributed by atoms with Gasteiger partial charge < -0.3 is 15.6 Å². The molecule has 82 valence electrons. The molecule has 0 saturated carbocycles. The third kappa shape index (κ3) is 2.00. The Morgan fingerprint density at radius 3 is 3.07 bits per heavy atom. The van der Waals surface area contributed by atoms with E-state index in [9.17, 15) is 4.79 Å². The number of nitrogens with zero attached hydrogens (tertiary/aromatic N) is 2. The van der Waals surface area contributed by atoms with Gasteiger partial charge in [-0.15, -0.1) is 0 Å². The van der Waals surface area contributed by atoms with Gasteiger partial charge in [-0.25, -0.2) is 4.79 Å². The Bertz CT molecular complexity index is 404. The van der Waals surface area contributed by atoms with Gasteiger partial charge in [-0.1, -0.05) is 0 Å². The van der Waals surface area contributed by atoms with Crippen molar-refractivity contribution in [3.63, 3.8) is 0 Å². The number of anilines is 1. The summed E-state index contributed by atoms with van der Waals surface area (Å²) in [7, 11) is 0. The van der Waals surface area contributed by atoms with E-state index in [4.69, 9.17) is 15.6 Å². The molecule has 0 amide bonds. The van der Waals surface area contributed by atoms with E-state index in [1.807, 2.05) is 0 Å². The van der Waals surface area contributed by atoms with Gasteiger partial charge in [0.25, 0.3) is 0 Å². The smallest absolute Gasteiger partial charge is 0.351 e. The molecular weight excluding hydrogens is 201 g/mol. The summed E-state index contributed by atoms with van der Waals surface area (Å²) in [6.07, 6.45) is 2.51. The third-order valence-electron chi connectivity index (χ3n) is 2.45. The average Bonchev–Trinajstić information content (AvgIpc) is 2.66. The van der Waals surface area contributed by atoms with Gasteiger partial charge >= 0.3 is 5.69 Å². The summed E-state index contributed by atoms with van der Waals surface area (Å²) in [4.78, 5) is 15.1. The molecule has 0 bridgehead atoms. The van der Waals surface area contributed by atoms with E-state index in [0.717, 1.165) is 6.42 Å². The van der Waals surface area contributed by atoms with Crippen molar-refractivity contribution in [2.75, 3.05) is 12.3 Å². The van der Waals surface area contributed by atoms with Gasteiger partial charge in [-0.3, -0.25) is 4.57 Å². The number of nitrogens with two attached hydrogens (primary N) is 1. The number of hydrogen-bond acceptors (Lipinski definition) is 5. The lowest BCUT2D eigenvalue weighted by atomic mass is 10.2. The van der Waals surface area contributed by atoms with Crippen LogP contribution in [0.25, 0.3) is 0 Å². The van der Waals surface area contributed by atoms with E-state index in [1.54, 1.807) is 12.3 Å². The van der Waals surface area contributed by atoms with Crippen molar-refractivity contribution in [3.8, 4) is 0 Å². The van der Waals surface area contributed by atoms with Gasteiger partial charge in [0.1, 0.15) is 12.0 Å². The van der Waals surface area contributed by atoms with Crippen LogP contribution in [0.4, 0.5) is 5.82 Å². The van der Waals surface area contributed by atoms with Gasteiger partial charge in [0.05, 0.1) is 12.7 Å². The molecule has 2 rings (SSSR count). The molecule has 1 aliphatic rings. The fraction of sp³-hybridized carbons (Fsp3) is 0.556. The summed E-state index contributed by atoms with van der Waals surface area (Å²) >= 11 is 0. The molecule has 0 aliphatic carbocycles. The van der Waals surface area contributed by atoms with Crippen LogP contribution in [0.15, 0.2) is 17.1 Å². The molecule has 1 fully saturated rings. The first-order chi connectivity index (χ1) is 7.20. The first-order valence-corrected chi connectivity index (χ1v) is 4.81. The predicted molar refractivity (Wildman–Crippen MR) is 53.1 cm³/mol.